The Bertz CT molecular complexity index is 205. The van der Waals surface area contributed by atoms with Gasteiger partial charge in [0.1, 0.15) is 7.85 Å². The van der Waals surface area contributed by atoms with Gasteiger partial charge >= 0.3 is 0 Å². The van der Waals surface area contributed by atoms with E-state index in [1.54, 1.807) is 0 Å². The second kappa shape index (κ2) is 2.79. The molecule has 1 aromatic carbocycles. The number of rotatable bonds is 0. The molecule has 2 radical (unpaired) electrons. The second-order valence-electron chi connectivity index (χ2n) is 2.46. The topological polar surface area (TPSA) is 0 Å². The van der Waals surface area contributed by atoms with Crippen LogP contribution in [0.2, 0.25) is 0 Å². The van der Waals surface area contributed by atoms with Gasteiger partial charge in [0.05, 0.1) is 0 Å². The van der Waals surface area contributed by atoms with Crippen molar-refractivity contribution in [2.45, 2.75) is 13.8 Å². The van der Waals surface area contributed by atoms with E-state index in [-0.39, 0.29) is 0 Å². The number of benzene rings is 1. The summed E-state index contributed by atoms with van der Waals surface area (Å²) in [6.45, 7) is 4.03. The first-order chi connectivity index (χ1) is 4.61. The van der Waals surface area contributed by atoms with Crippen molar-refractivity contribution < 1.29 is 0 Å². The van der Waals surface area contributed by atoms with Gasteiger partial charge in [0, 0.05) is 4.47 Å². The lowest BCUT2D eigenvalue weighted by Crippen LogP contribution is -2.07. The minimum atomic E-state index is 0.862. The van der Waals surface area contributed by atoms with Crippen LogP contribution in [0, 0.1) is 13.8 Å². The van der Waals surface area contributed by atoms with Crippen molar-refractivity contribution in [3.8, 4) is 0 Å². The highest BCUT2D eigenvalue weighted by Gasteiger charge is 1.96. The molecule has 0 bridgehead atoms. The minimum Gasteiger partial charge on any atom is -0.0935 e. The van der Waals surface area contributed by atoms with E-state index in [0.717, 1.165) is 15.5 Å². The summed E-state index contributed by atoms with van der Waals surface area (Å²) in [6.07, 6.45) is 0. The van der Waals surface area contributed by atoms with Crippen LogP contribution in [0.4, 0.5) is 0 Å². The van der Waals surface area contributed by atoms with E-state index in [0.29, 0.717) is 0 Å². The first-order valence-corrected chi connectivity index (χ1v) is 3.93. The zero-order valence-corrected chi connectivity index (χ0v) is 7.70. The third-order valence-electron chi connectivity index (χ3n) is 1.55. The van der Waals surface area contributed by atoms with E-state index in [1.807, 2.05) is 26.0 Å². The van der Waals surface area contributed by atoms with Gasteiger partial charge in [0.15, 0.2) is 0 Å². The van der Waals surface area contributed by atoms with Gasteiger partial charge in [-0.1, -0.05) is 33.0 Å². The van der Waals surface area contributed by atoms with Crippen molar-refractivity contribution >= 4 is 29.2 Å². The number of aryl methyl sites for hydroxylation is 2. The Morgan fingerprint density at radius 3 is 2.30 bits per heavy atom. The Labute approximate surface area is 71.2 Å². The third kappa shape index (κ3) is 1.43. The van der Waals surface area contributed by atoms with E-state index in [4.69, 9.17) is 7.85 Å². The van der Waals surface area contributed by atoms with Crippen molar-refractivity contribution in [3.05, 3.63) is 27.7 Å². The van der Waals surface area contributed by atoms with Gasteiger partial charge in [-0.15, -0.1) is 0 Å². The zero-order valence-electron chi connectivity index (χ0n) is 6.11. The summed E-state index contributed by atoms with van der Waals surface area (Å²) < 4.78 is 1.12. The highest BCUT2D eigenvalue weighted by atomic mass is 79.9. The monoisotopic (exact) mass is 194 g/mol. The molecule has 0 heterocycles. The molecule has 0 nitrogen and oxygen atoms in total. The maximum atomic E-state index is 5.67. The quantitative estimate of drug-likeness (QED) is 0.554. The summed E-state index contributed by atoms with van der Waals surface area (Å²) in [4.78, 5) is 0. The van der Waals surface area contributed by atoms with Crippen molar-refractivity contribution in [1.82, 2.24) is 0 Å². The normalized spacial score (nSPS) is 9.90. The maximum Gasteiger partial charge on any atom is 0.114 e. The van der Waals surface area contributed by atoms with Crippen molar-refractivity contribution in [3.63, 3.8) is 0 Å². The summed E-state index contributed by atoms with van der Waals surface area (Å²) >= 11 is 3.42. The molecule has 1 rings (SSSR count). The first kappa shape index (κ1) is 7.87. The molecule has 50 valence electrons. The van der Waals surface area contributed by atoms with Crippen LogP contribution < -0.4 is 5.46 Å². The van der Waals surface area contributed by atoms with Crippen LogP contribution in [0.15, 0.2) is 16.6 Å². The van der Waals surface area contributed by atoms with Gasteiger partial charge < -0.3 is 0 Å². The molecule has 0 aromatic heterocycles. The molecule has 10 heavy (non-hydrogen) atoms. The van der Waals surface area contributed by atoms with E-state index in [2.05, 4.69) is 15.9 Å². The average molecular weight is 195 g/mol. The zero-order chi connectivity index (χ0) is 7.72. The molecule has 0 N–H and O–H groups in total. The standard InChI is InChI=1S/C8H8BBr/c1-5-4-8(10)6(2)3-7(5)9/h3-4H,1-2H3. The lowest BCUT2D eigenvalue weighted by molar-refractivity contribution is 1.39. The van der Waals surface area contributed by atoms with Crippen molar-refractivity contribution in [2.75, 3.05) is 0 Å². The molecule has 0 unspecified atom stereocenters. The third-order valence-corrected chi connectivity index (χ3v) is 2.40. The Balaban J connectivity index is 3.28. The van der Waals surface area contributed by atoms with Crippen LogP contribution >= 0.6 is 15.9 Å². The van der Waals surface area contributed by atoms with Gasteiger partial charge in [0.2, 0.25) is 0 Å². The van der Waals surface area contributed by atoms with Crippen LogP contribution in [0.25, 0.3) is 0 Å². The number of halogens is 1. The summed E-state index contributed by atoms with van der Waals surface area (Å²) in [5, 5.41) is 0. The van der Waals surface area contributed by atoms with Crippen LogP contribution in [0.1, 0.15) is 11.1 Å². The molecule has 1 aromatic rings. The fraction of sp³-hybridized carbons (Fsp3) is 0.250. The smallest absolute Gasteiger partial charge is 0.0935 e. The molecule has 0 aliphatic carbocycles. The van der Waals surface area contributed by atoms with Gasteiger partial charge in [0.25, 0.3) is 0 Å². The molecule has 0 spiro atoms. The lowest BCUT2D eigenvalue weighted by atomic mass is 9.90. The molecular formula is C8H8BBr. The Morgan fingerprint density at radius 2 is 1.80 bits per heavy atom. The second-order valence-corrected chi connectivity index (χ2v) is 3.31. The predicted octanol–water partition coefficient (Wildman–Crippen LogP) is 1.86. The predicted molar refractivity (Wildman–Crippen MR) is 49.0 cm³/mol. The molecule has 0 aliphatic rings. The molecule has 0 saturated carbocycles. The number of hydrogen-bond acceptors (Lipinski definition) is 0. The highest BCUT2D eigenvalue weighted by Crippen LogP contribution is 2.14. The van der Waals surface area contributed by atoms with Crippen LogP contribution in [-0.4, -0.2) is 7.85 Å². The van der Waals surface area contributed by atoms with Gasteiger partial charge in [-0.2, -0.15) is 0 Å². The summed E-state index contributed by atoms with van der Waals surface area (Å²) in [7, 11) is 5.67. The lowest BCUT2D eigenvalue weighted by Gasteiger charge is -2.03. The van der Waals surface area contributed by atoms with Gasteiger partial charge in [-0.25, -0.2) is 0 Å². The fourth-order valence-corrected chi connectivity index (χ4v) is 1.26. The van der Waals surface area contributed by atoms with E-state index >= 15 is 0 Å². The Kier molecular flexibility index (Phi) is 2.19. The first-order valence-electron chi connectivity index (χ1n) is 3.13. The summed E-state index contributed by atoms with van der Waals surface area (Å²) in [5.74, 6) is 0. The van der Waals surface area contributed by atoms with Crippen molar-refractivity contribution in [1.29, 1.82) is 0 Å². The number of hydrogen-bond donors (Lipinski definition) is 0. The van der Waals surface area contributed by atoms with Crippen LogP contribution in [-0.2, 0) is 0 Å². The maximum absolute atomic E-state index is 5.67. The summed E-state index contributed by atoms with van der Waals surface area (Å²) in [6, 6.07) is 4.00. The molecular weight excluding hydrogens is 187 g/mol. The Hall–Kier alpha value is -0.235. The minimum absolute atomic E-state index is 0.862. The van der Waals surface area contributed by atoms with Gasteiger partial charge in [-0.05, 0) is 25.5 Å². The fourth-order valence-electron chi connectivity index (χ4n) is 0.803. The molecule has 0 saturated heterocycles. The van der Waals surface area contributed by atoms with Crippen LogP contribution in [0.5, 0.6) is 0 Å². The molecule has 2 heteroatoms. The average Bonchev–Trinajstić information content (AvgIpc) is 1.84. The molecule has 0 amide bonds. The van der Waals surface area contributed by atoms with E-state index in [9.17, 15) is 0 Å². The van der Waals surface area contributed by atoms with Crippen molar-refractivity contribution in [2.24, 2.45) is 0 Å². The van der Waals surface area contributed by atoms with E-state index < -0.39 is 0 Å². The van der Waals surface area contributed by atoms with Gasteiger partial charge in [-0.3, -0.25) is 0 Å². The Morgan fingerprint density at radius 1 is 1.20 bits per heavy atom. The highest BCUT2D eigenvalue weighted by molar-refractivity contribution is 9.10. The molecule has 0 fully saturated rings. The summed E-state index contributed by atoms with van der Waals surface area (Å²) in [5.41, 5.74) is 3.17. The van der Waals surface area contributed by atoms with E-state index in [1.165, 1.54) is 5.56 Å². The van der Waals surface area contributed by atoms with Crippen LogP contribution in [0.3, 0.4) is 0 Å². The molecule has 0 aliphatic heterocycles. The SMILES string of the molecule is [B]c1cc(C)c(Br)cc1C. The largest absolute Gasteiger partial charge is 0.114 e. The molecule has 0 atom stereocenters.